The van der Waals surface area contributed by atoms with Gasteiger partial charge in [-0.15, -0.1) is 0 Å². The normalized spacial score (nSPS) is 33.3. The molecule has 0 fully saturated rings. The zero-order valence-electron chi connectivity index (χ0n) is 32.6. The van der Waals surface area contributed by atoms with E-state index in [1.165, 1.54) is 66.7 Å². The van der Waals surface area contributed by atoms with Crippen LogP contribution in [-0.2, 0) is 28.6 Å². The number of phenols is 1. The van der Waals surface area contributed by atoms with Crippen molar-refractivity contribution in [1.82, 2.24) is 0 Å². The number of carbonyl (C=O) groups excluding carboxylic acids is 4. The molecule has 15 nitrogen and oxygen atoms in total. The Bertz CT molecular complexity index is 1920. The van der Waals surface area contributed by atoms with Crippen LogP contribution in [0.1, 0.15) is 76.9 Å². The average Bonchev–Trinajstić information content (AvgIpc) is 3.13. The standard InChI is InChI=1S/C40H51NO14/c1-16-12-11-13-17(2)38(49)41-28-19(4)36(55-23(8)42)24-25(33(28)47)31(45)21(6)35-26(24)34(53-15-54-35)18(3)14-40(9,51)37(48)22(7)32(46)27(39(50)52-10)30(44)20(5)29(16)43/h11-14,16,20,22,27,29-30,32,37,43-44,46-48,51H,15H2,1-10H3,(H,41,49)/b12-11-,17-13+,18-14+/t16-,20-,22+,27-,29?,30+,32-,37-,40-/m1/s1. The number of allylic oxidation sites excluding steroid dienone is 5. The van der Waals surface area contributed by atoms with Gasteiger partial charge in [-0.1, -0.05) is 39.0 Å². The third-order valence-electron chi connectivity index (χ3n) is 10.6. The summed E-state index contributed by atoms with van der Waals surface area (Å²) in [6.07, 6.45) is -0.878. The van der Waals surface area contributed by atoms with Crippen LogP contribution in [-0.4, -0.2) is 98.2 Å². The summed E-state index contributed by atoms with van der Waals surface area (Å²) in [5, 5.41) is 71.8. The maximum absolute atomic E-state index is 14.0. The van der Waals surface area contributed by atoms with Gasteiger partial charge >= 0.3 is 11.9 Å². The van der Waals surface area contributed by atoms with Crippen LogP contribution in [0, 0.1) is 30.6 Å². The van der Waals surface area contributed by atoms with Crippen molar-refractivity contribution in [3.05, 3.63) is 69.2 Å². The number of Topliss-reactive ketones (excluding diaryl/α,β-unsaturated/α-hetero) is 1. The Labute approximate surface area is 319 Å². The second-order valence-electron chi connectivity index (χ2n) is 14.7. The largest absolute Gasteiger partial charge is 0.505 e. The number of ether oxygens (including phenoxy) is 4. The van der Waals surface area contributed by atoms with Crippen LogP contribution in [0.2, 0.25) is 0 Å². The summed E-state index contributed by atoms with van der Waals surface area (Å²) in [5.74, 6) is -8.68. The van der Waals surface area contributed by atoms with Gasteiger partial charge in [0.2, 0.25) is 6.79 Å². The molecule has 1 amide bonds. The number of amides is 1. The van der Waals surface area contributed by atoms with Gasteiger partial charge in [-0.2, -0.15) is 0 Å². The summed E-state index contributed by atoms with van der Waals surface area (Å²) in [5.41, 5.74) is -2.34. The van der Waals surface area contributed by atoms with Gasteiger partial charge in [0.25, 0.3) is 5.91 Å². The number of hydrogen-bond donors (Lipinski definition) is 7. The lowest BCUT2D eigenvalue weighted by molar-refractivity contribution is -0.168. The molecule has 1 aromatic carbocycles. The highest BCUT2D eigenvalue weighted by molar-refractivity contribution is 6.21. The summed E-state index contributed by atoms with van der Waals surface area (Å²) in [6, 6.07) is 0. The third-order valence-corrected chi connectivity index (χ3v) is 10.6. The van der Waals surface area contributed by atoms with Crippen LogP contribution in [0.5, 0.6) is 11.5 Å². The number of ketones is 1. The Morgan fingerprint density at radius 3 is 2.11 bits per heavy atom. The maximum atomic E-state index is 14.0. The number of fused-ring (bicyclic) bond motifs is 14. The monoisotopic (exact) mass is 769 g/mol. The highest BCUT2D eigenvalue weighted by atomic mass is 16.7. The molecule has 5 rings (SSSR count). The summed E-state index contributed by atoms with van der Waals surface area (Å²) in [7, 11) is 1.06. The van der Waals surface area contributed by atoms with Crippen LogP contribution in [0.3, 0.4) is 0 Å². The predicted molar refractivity (Wildman–Crippen MR) is 198 cm³/mol. The number of carbonyl (C=O) groups is 4. The molecule has 7 N–H and O–H groups in total. The van der Waals surface area contributed by atoms with E-state index in [0.717, 1.165) is 14.0 Å². The van der Waals surface area contributed by atoms with E-state index >= 15 is 0 Å². The molecule has 3 heterocycles. The van der Waals surface area contributed by atoms with Crippen LogP contribution >= 0.6 is 0 Å². The lowest BCUT2D eigenvalue weighted by Crippen LogP contribution is -2.53. The summed E-state index contributed by atoms with van der Waals surface area (Å²) in [6.45, 7) is 12.3. The lowest BCUT2D eigenvalue weighted by atomic mass is 9.75. The van der Waals surface area contributed by atoms with Crippen molar-refractivity contribution in [2.24, 2.45) is 23.7 Å². The van der Waals surface area contributed by atoms with E-state index in [1.807, 2.05) is 0 Å². The molecule has 4 bridgehead atoms. The first kappa shape index (κ1) is 42.9. The van der Waals surface area contributed by atoms with Crippen molar-refractivity contribution >= 4 is 34.9 Å². The van der Waals surface area contributed by atoms with Gasteiger partial charge in [-0.25, -0.2) is 0 Å². The number of esters is 2. The van der Waals surface area contributed by atoms with Crippen molar-refractivity contribution in [2.75, 3.05) is 19.2 Å². The number of aliphatic hydroxyl groups excluding tert-OH is 4. The minimum Gasteiger partial charge on any atom is -0.505 e. The molecule has 3 aliphatic heterocycles. The number of benzene rings is 1. The molecule has 0 aromatic heterocycles. The first-order valence-corrected chi connectivity index (χ1v) is 17.8. The van der Waals surface area contributed by atoms with Crippen molar-refractivity contribution in [2.45, 2.75) is 92.3 Å². The van der Waals surface area contributed by atoms with E-state index in [0.29, 0.717) is 0 Å². The number of methoxy groups -OCH3 is 1. The van der Waals surface area contributed by atoms with Crippen molar-refractivity contribution in [3.8, 4) is 11.5 Å². The molecule has 0 spiro atoms. The predicted octanol–water partition coefficient (Wildman–Crippen LogP) is 3.10. The third kappa shape index (κ3) is 8.12. The molecule has 0 saturated heterocycles. The topological polar surface area (TPSA) is 239 Å². The molecular weight excluding hydrogens is 718 g/mol. The van der Waals surface area contributed by atoms with Gasteiger partial charge in [0, 0.05) is 47.0 Å². The van der Waals surface area contributed by atoms with E-state index in [-0.39, 0.29) is 61.9 Å². The van der Waals surface area contributed by atoms with Gasteiger partial charge in [-0.3, -0.25) is 19.2 Å². The maximum Gasteiger partial charge on any atom is 0.313 e. The van der Waals surface area contributed by atoms with E-state index in [1.54, 1.807) is 13.0 Å². The zero-order valence-corrected chi connectivity index (χ0v) is 32.6. The summed E-state index contributed by atoms with van der Waals surface area (Å²) >= 11 is 0. The number of aliphatic hydroxyl groups is 5. The fraction of sp³-hybridized carbons (Fsp3) is 0.500. The number of hydrogen-bond acceptors (Lipinski definition) is 14. The Kier molecular flexibility index (Phi) is 12.9. The fourth-order valence-electron chi connectivity index (χ4n) is 7.28. The fourth-order valence-corrected chi connectivity index (χ4v) is 7.28. The Hall–Kier alpha value is -4.80. The smallest absolute Gasteiger partial charge is 0.313 e. The first-order valence-electron chi connectivity index (χ1n) is 17.8. The molecule has 55 heavy (non-hydrogen) atoms. The number of anilines is 1. The highest BCUT2D eigenvalue weighted by Crippen LogP contribution is 2.53. The van der Waals surface area contributed by atoms with E-state index in [4.69, 9.17) is 18.9 Å². The van der Waals surface area contributed by atoms with Gasteiger partial charge in [-0.05, 0) is 46.3 Å². The molecule has 0 radical (unpaired) electrons. The molecule has 15 heteroatoms. The molecule has 300 valence electrons. The summed E-state index contributed by atoms with van der Waals surface area (Å²) < 4.78 is 22.3. The van der Waals surface area contributed by atoms with Crippen molar-refractivity contribution < 1.29 is 68.8 Å². The van der Waals surface area contributed by atoms with Crippen molar-refractivity contribution in [1.29, 1.82) is 0 Å². The second kappa shape index (κ2) is 16.5. The molecule has 4 aliphatic rings. The highest BCUT2D eigenvalue weighted by Gasteiger charge is 2.47. The minimum atomic E-state index is -2.17. The van der Waals surface area contributed by atoms with Crippen molar-refractivity contribution in [3.63, 3.8) is 0 Å². The second-order valence-corrected chi connectivity index (χ2v) is 14.7. The zero-order chi connectivity index (χ0) is 41.4. The van der Waals surface area contributed by atoms with Crippen LogP contribution in [0.15, 0.2) is 52.5 Å². The van der Waals surface area contributed by atoms with E-state index in [2.05, 4.69) is 5.32 Å². The molecule has 1 aromatic rings. The molecule has 1 aliphatic carbocycles. The number of rotatable bonds is 2. The SMILES string of the molecule is COC(=O)[C@H]1[C@H](O)[C@H](C)[C@@H](O)[C@](C)(O)/C=C(\C)C2=C3C(=C(C)C(=O)c4c(O)c(c(C)c(OC(C)=O)c43)NC(=O)/C(C)=C/C=C\[C@@H](C)C(O)[C@@H](C)[C@@H]1O)OCO2. The first-order chi connectivity index (χ1) is 25.6. The molecule has 0 saturated carbocycles. The molecular formula is C40H51NO14. The number of nitrogens with one attached hydrogen (secondary N) is 1. The lowest BCUT2D eigenvalue weighted by Gasteiger charge is -2.39. The molecule has 1 unspecified atom stereocenters. The number of phenolic OH excluding ortho intramolecular Hbond substituents is 1. The van der Waals surface area contributed by atoms with Gasteiger partial charge in [0.15, 0.2) is 11.5 Å². The quantitative estimate of drug-likeness (QED) is 0.130. The Balaban J connectivity index is 2.07. The average molecular weight is 770 g/mol. The Morgan fingerprint density at radius 1 is 0.909 bits per heavy atom. The van der Waals surface area contributed by atoms with Gasteiger partial charge in [0.05, 0.1) is 48.3 Å². The van der Waals surface area contributed by atoms with E-state index < -0.39 is 89.9 Å². The van der Waals surface area contributed by atoms with Crippen LogP contribution < -0.4 is 10.1 Å². The van der Waals surface area contributed by atoms with E-state index in [9.17, 15) is 49.8 Å². The van der Waals surface area contributed by atoms with Crippen LogP contribution in [0.4, 0.5) is 5.69 Å². The van der Waals surface area contributed by atoms with Gasteiger partial charge < -0.3 is 54.9 Å². The van der Waals surface area contributed by atoms with Crippen LogP contribution in [0.25, 0.3) is 5.57 Å². The molecule has 9 atom stereocenters. The number of aromatic hydroxyl groups is 1. The Morgan fingerprint density at radius 2 is 1.51 bits per heavy atom. The summed E-state index contributed by atoms with van der Waals surface area (Å²) in [4.78, 5) is 53.0. The van der Waals surface area contributed by atoms with Gasteiger partial charge in [0.1, 0.15) is 28.8 Å². The minimum absolute atomic E-state index is 0.00256.